The van der Waals surface area contributed by atoms with E-state index < -0.39 is 24.5 Å². The van der Waals surface area contributed by atoms with Crippen LogP contribution in [0.5, 0.6) is 0 Å². The van der Waals surface area contributed by atoms with Crippen molar-refractivity contribution in [2.75, 3.05) is 24.6 Å². The largest absolute Gasteiger partial charge is 0.480 e. The molecule has 104 valence electrons. The van der Waals surface area contributed by atoms with Gasteiger partial charge in [0.1, 0.15) is 6.54 Å². The van der Waals surface area contributed by atoms with Gasteiger partial charge < -0.3 is 21.1 Å². The molecule has 7 nitrogen and oxygen atoms in total. The molecule has 0 spiro atoms. The second-order valence-corrected chi connectivity index (χ2v) is 4.88. The molecule has 18 heavy (non-hydrogen) atoms. The highest BCUT2D eigenvalue weighted by molar-refractivity contribution is 7.99. The normalized spacial score (nSPS) is 11.4. The highest BCUT2D eigenvalue weighted by atomic mass is 32.2. The van der Waals surface area contributed by atoms with Gasteiger partial charge in [0.2, 0.25) is 5.91 Å². The fourth-order valence-electron chi connectivity index (χ4n) is 1.01. The fourth-order valence-corrected chi connectivity index (χ4v) is 1.68. The number of hydrogen-bond acceptors (Lipinski definition) is 4. The Morgan fingerprint density at radius 1 is 1.22 bits per heavy atom. The fraction of sp³-hybridized carbons (Fsp3) is 0.700. The quantitative estimate of drug-likeness (QED) is 0.484. The van der Waals surface area contributed by atoms with Crippen molar-refractivity contribution in [2.24, 2.45) is 0 Å². The highest BCUT2D eigenvalue weighted by Crippen LogP contribution is 2.00. The van der Waals surface area contributed by atoms with Crippen LogP contribution in [0.4, 0.5) is 4.79 Å². The Bertz CT molecular complexity index is 299. The monoisotopic (exact) mass is 277 g/mol. The van der Waals surface area contributed by atoms with E-state index in [9.17, 15) is 14.4 Å². The van der Waals surface area contributed by atoms with Gasteiger partial charge in [-0.3, -0.25) is 9.59 Å². The van der Waals surface area contributed by atoms with Crippen LogP contribution in [0.25, 0.3) is 0 Å². The zero-order chi connectivity index (χ0) is 14.0. The zero-order valence-electron chi connectivity index (χ0n) is 10.5. The smallest absolute Gasteiger partial charge is 0.322 e. The van der Waals surface area contributed by atoms with E-state index in [1.165, 1.54) is 0 Å². The third-order valence-corrected chi connectivity index (χ3v) is 2.94. The number of thioether (sulfide) groups is 1. The maximum absolute atomic E-state index is 11.3. The number of amides is 3. The van der Waals surface area contributed by atoms with Gasteiger partial charge in [-0.2, -0.15) is 11.8 Å². The van der Waals surface area contributed by atoms with Crippen LogP contribution in [-0.4, -0.2) is 53.7 Å². The first-order valence-electron chi connectivity index (χ1n) is 5.56. The third kappa shape index (κ3) is 9.76. The summed E-state index contributed by atoms with van der Waals surface area (Å²) >= 11 is 1.71. The highest BCUT2D eigenvalue weighted by Gasteiger charge is 2.09. The Morgan fingerprint density at radius 3 is 2.44 bits per heavy atom. The van der Waals surface area contributed by atoms with E-state index in [-0.39, 0.29) is 12.6 Å². The van der Waals surface area contributed by atoms with Gasteiger partial charge in [0, 0.05) is 11.8 Å². The molecule has 0 radical (unpaired) electrons. The average molecular weight is 277 g/mol. The summed E-state index contributed by atoms with van der Waals surface area (Å²) in [4.78, 5) is 32.6. The molecule has 0 fully saturated rings. The number of carboxylic acids is 1. The van der Waals surface area contributed by atoms with Crippen LogP contribution in [-0.2, 0) is 9.59 Å². The van der Waals surface area contributed by atoms with Gasteiger partial charge in [0.05, 0.1) is 6.54 Å². The first-order valence-corrected chi connectivity index (χ1v) is 6.71. The van der Waals surface area contributed by atoms with E-state index in [1.54, 1.807) is 11.8 Å². The Labute approximate surface area is 110 Å². The van der Waals surface area contributed by atoms with Gasteiger partial charge in [-0.25, -0.2) is 4.79 Å². The van der Waals surface area contributed by atoms with Crippen LogP contribution in [0.15, 0.2) is 0 Å². The summed E-state index contributed by atoms with van der Waals surface area (Å²) in [7, 11) is 0. The summed E-state index contributed by atoms with van der Waals surface area (Å²) in [5.74, 6) is 0.113. The van der Waals surface area contributed by atoms with Crippen molar-refractivity contribution < 1.29 is 19.5 Å². The van der Waals surface area contributed by atoms with E-state index in [0.717, 1.165) is 11.5 Å². The van der Waals surface area contributed by atoms with Crippen molar-refractivity contribution in [3.05, 3.63) is 0 Å². The lowest BCUT2D eigenvalue weighted by atomic mass is 10.4. The molecule has 0 heterocycles. The van der Waals surface area contributed by atoms with Crippen LogP contribution >= 0.6 is 11.8 Å². The third-order valence-electron chi connectivity index (χ3n) is 1.80. The molecule has 0 aliphatic heterocycles. The number of carbonyl (C=O) groups excluding carboxylic acids is 2. The molecule has 0 aromatic rings. The van der Waals surface area contributed by atoms with Crippen LogP contribution in [0, 0.1) is 0 Å². The van der Waals surface area contributed by atoms with Gasteiger partial charge in [-0.1, -0.05) is 6.92 Å². The maximum atomic E-state index is 11.3. The number of carboxylic acid groups (broad SMARTS) is 1. The number of aliphatic carboxylic acids is 1. The number of urea groups is 1. The SMILES string of the molecule is CCSCC(C)NC(=O)NCC(=O)NCC(=O)O. The van der Waals surface area contributed by atoms with Crippen molar-refractivity contribution >= 4 is 29.7 Å². The zero-order valence-corrected chi connectivity index (χ0v) is 11.3. The van der Waals surface area contributed by atoms with E-state index in [4.69, 9.17) is 5.11 Å². The van der Waals surface area contributed by atoms with E-state index >= 15 is 0 Å². The van der Waals surface area contributed by atoms with Crippen LogP contribution < -0.4 is 16.0 Å². The number of carbonyl (C=O) groups is 3. The summed E-state index contributed by atoms with van der Waals surface area (Å²) in [5, 5.41) is 15.5. The Balaban J connectivity index is 3.69. The van der Waals surface area contributed by atoms with Crippen molar-refractivity contribution in [1.82, 2.24) is 16.0 Å². The van der Waals surface area contributed by atoms with E-state index in [0.29, 0.717) is 0 Å². The van der Waals surface area contributed by atoms with Crippen molar-refractivity contribution in [2.45, 2.75) is 19.9 Å². The van der Waals surface area contributed by atoms with Crippen molar-refractivity contribution in [3.8, 4) is 0 Å². The first kappa shape index (κ1) is 16.6. The molecule has 8 heteroatoms. The van der Waals surface area contributed by atoms with E-state index in [2.05, 4.69) is 16.0 Å². The molecule has 0 bridgehead atoms. The molecule has 4 N–H and O–H groups in total. The Kier molecular flexibility index (Phi) is 8.81. The van der Waals surface area contributed by atoms with E-state index in [1.807, 2.05) is 13.8 Å². The number of hydrogen-bond donors (Lipinski definition) is 4. The molecule has 0 saturated carbocycles. The molecule has 0 aromatic carbocycles. The molecule has 3 amide bonds. The molecule has 1 unspecified atom stereocenters. The van der Waals surface area contributed by atoms with Crippen molar-refractivity contribution in [3.63, 3.8) is 0 Å². The standard InChI is InChI=1S/C10H19N3O4S/c1-3-18-6-7(2)13-10(17)12-4-8(14)11-5-9(15)16/h7H,3-6H2,1-2H3,(H,11,14)(H,15,16)(H2,12,13,17). The molecule has 0 saturated heterocycles. The van der Waals surface area contributed by atoms with Crippen LogP contribution in [0.1, 0.15) is 13.8 Å². The van der Waals surface area contributed by atoms with Crippen LogP contribution in [0.2, 0.25) is 0 Å². The van der Waals surface area contributed by atoms with Gasteiger partial charge in [0.15, 0.2) is 0 Å². The molecule has 0 aromatic heterocycles. The lowest BCUT2D eigenvalue weighted by Crippen LogP contribution is -2.46. The van der Waals surface area contributed by atoms with Gasteiger partial charge >= 0.3 is 12.0 Å². The first-order chi connectivity index (χ1) is 8.45. The minimum Gasteiger partial charge on any atom is -0.480 e. The summed E-state index contributed by atoms with van der Waals surface area (Å²) < 4.78 is 0. The molecule has 0 aliphatic rings. The van der Waals surface area contributed by atoms with Crippen LogP contribution in [0.3, 0.4) is 0 Å². The average Bonchev–Trinajstić information content (AvgIpc) is 2.31. The minimum absolute atomic E-state index is 0.0111. The van der Waals surface area contributed by atoms with Crippen molar-refractivity contribution in [1.29, 1.82) is 0 Å². The summed E-state index contributed by atoms with van der Waals surface area (Å²) in [6.45, 7) is 3.20. The predicted octanol–water partition coefficient (Wildman–Crippen LogP) is -0.372. The Morgan fingerprint density at radius 2 is 1.89 bits per heavy atom. The second-order valence-electron chi connectivity index (χ2n) is 3.56. The number of nitrogens with one attached hydrogen (secondary N) is 3. The molecule has 1 atom stereocenters. The summed E-state index contributed by atoms with van der Waals surface area (Å²) in [6, 6.07) is -0.429. The van der Waals surface area contributed by atoms with Gasteiger partial charge in [-0.05, 0) is 12.7 Å². The topological polar surface area (TPSA) is 108 Å². The summed E-state index contributed by atoms with van der Waals surface area (Å²) in [5.41, 5.74) is 0. The number of rotatable bonds is 8. The predicted molar refractivity (Wildman–Crippen MR) is 69.6 cm³/mol. The lowest BCUT2D eigenvalue weighted by molar-refractivity contribution is -0.137. The summed E-state index contributed by atoms with van der Waals surface area (Å²) in [6.07, 6.45) is 0. The molecule has 0 aliphatic carbocycles. The molecular weight excluding hydrogens is 258 g/mol. The van der Waals surface area contributed by atoms with Gasteiger partial charge in [-0.15, -0.1) is 0 Å². The molecular formula is C10H19N3O4S. The second kappa shape index (κ2) is 9.58. The lowest BCUT2D eigenvalue weighted by Gasteiger charge is -2.13. The minimum atomic E-state index is -1.13. The maximum Gasteiger partial charge on any atom is 0.322 e. The Hall–Kier alpha value is -1.44. The molecule has 0 rings (SSSR count). The van der Waals surface area contributed by atoms with Gasteiger partial charge in [0.25, 0.3) is 0 Å².